The number of hydrogen-bond donors (Lipinski definition) is 1. The first-order valence-electron chi connectivity index (χ1n) is 16.2. The molecule has 0 saturated carbocycles. The molecule has 2 saturated heterocycles. The van der Waals surface area contributed by atoms with Crippen LogP contribution in [-0.2, 0) is 14.4 Å². The van der Waals surface area contributed by atoms with E-state index in [4.69, 9.17) is 4.74 Å². The van der Waals surface area contributed by atoms with Gasteiger partial charge in [-0.25, -0.2) is 0 Å². The Labute approximate surface area is 270 Å². The van der Waals surface area contributed by atoms with E-state index in [9.17, 15) is 19.5 Å². The number of likely N-dealkylation sites (tertiary alicyclic amines) is 1. The van der Waals surface area contributed by atoms with Crippen LogP contribution in [0.15, 0.2) is 66.8 Å². The number of carbonyl (C=O) groups is 3. The molecule has 5 atom stereocenters. The zero-order valence-electron chi connectivity index (χ0n) is 26.4. The van der Waals surface area contributed by atoms with Crippen LogP contribution in [-0.4, -0.2) is 76.6 Å². The van der Waals surface area contributed by atoms with Gasteiger partial charge >= 0.3 is 0 Å². The van der Waals surface area contributed by atoms with Gasteiger partial charge < -0.3 is 24.5 Å². The average molecular weight is 630 g/mol. The second kappa shape index (κ2) is 13.0. The maximum absolute atomic E-state index is 14.8. The Kier molecular flexibility index (Phi) is 9.11. The molecule has 45 heavy (non-hydrogen) atoms. The van der Waals surface area contributed by atoms with Gasteiger partial charge in [0.15, 0.2) is 0 Å². The third-order valence-corrected chi connectivity index (χ3v) is 11.3. The zero-order valence-corrected chi connectivity index (χ0v) is 27.2. The molecule has 3 amide bonds. The molecule has 2 aromatic carbocycles. The number of nitrogens with zero attached hydrogens (tertiary/aromatic N) is 3. The molecule has 4 heterocycles. The quantitative estimate of drug-likeness (QED) is 0.292. The highest BCUT2D eigenvalue weighted by Crippen LogP contribution is 2.61. The molecule has 2 fully saturated rings. The lowest BCUT2D eigenvalue weighted by Gasteiger charge is -2.35. The number of ether oxygens (including phenoxy) is 1. The van der Waals surface area contributed by atoms with Crippen molar-refractivity contribution in [2.45, 2.75) is 62.5 Å². The van der Waals surface area contributed by atoms with Gasteiger partial charge in [0.1, 0.15) is 11.8 Å². The molecule has 9 heteroatoms. The molecule has 6 rings (SSSR count). The van der Waals surface area contributed by atoms with Crippen molar-refractivity contribution in [2.75, 3.05) is 42.6 Å². The summed E-state index contributed by atoms with van der Waals surface area (Å²) in [7, 11) is 0. The summed E-state index contributed by atoms with van der Waals surface area (Å²) < 4.78 is 4.76. The number of aliphatic hydroxyl groups excluding tert-OH is 1. The van der Waals surface area contributed by atoms with Gasteiger partial charge in [-0.2, -0.15) is 0 Å². The molecule has 2 aromatic rings. The first-order valence-corrected chi connectivity index (χ1v) is 17.0. The van der Waals surface area contributed by atoms with Crippen LogP contribution in [0, 0.1) is 25.7 Å². The van der Waals surface area contributed by atoms with Crippen LogP contribution in [0.4, 0.5) is 11.4 Å². The monoisotopic (exact) mass is 629 g/mol. The number of anilines is 2. The van der Waals surface area contributed by atoms with Gasteiger partial charge in [-0.15, -0.1) is 11.8 Å². The van der Waals surface area contributed by atoms with E-state index in [1.807, 2.05) is 80.3 Å². The van der Waals surface area contributed by atoms with E-state index in [1.165, 1.54) is 0 Å². The Bertz CT molecular complexity index is 1510. The van der Waals surface area contributed by atoms with Crippen molar-refractivity contribution >= 4 is 40.9 Å². The van der Waals surface area contributed by atoms with Crippen molar-refractivity contribution < 1.29 is 24.2 Å². The SMILES string of the molecule is CCOc1ccc(N2CC=C[C@H]3S[C@]45C=CCN(c6cc(C)ccc6C)C(=O)C4N(CCCCCCO)C(=O)[C@@H]5[C@H]3C2=O)cc1. The minimum absolute atomic E-state index is 0.0862. The number of aryl methyl sites for hydroxylation is 2. The second-order valence-corrected chi connectivity index (χ2v) is 13.9. The fourth-order valence-corrected chi connectivity index (χ4v) is 9.48. The number of carbonyl (C=O) groups excluding carboxylic acids is 3. The van der Waals surface area contributed by atoms with Gasteiger partial charge in [-0.3, -0.25) is 14.4 Å². The van der Waals surface area contributed by atoms with Crippen LogP contribution in [0.2, 0.25) is 0 Å². The molecule has 4 aliphatic heterocycles. The lowest BCUT2D eigenvalue weighted by Crippen LogP contribution is -2.53. The first-order chi connectivity index (χ1) is 21.8. The van der Waals surface area contributed by atoms with Crippen LogP contribution in [0.5, 0.6) is 5.75 Å². The maximum atomic E-state index is 14.8. The van der Waals surface area contributed by atoms with E-state index in [0.717, 1.165) is 47.5 Å². The van der Waals surface area contributed by atoms with Gasteiger partial charge in [0.05, 0.1) is 23.2 Å². The number of hydrogen-bond acceptors (Lipinski definition) is 6. The Morgan fingerprint density at radius 1 is 0.911 bits per heavy atom. The number of thioether (sulfide) groups is 1. The van der Waals surface area contributed by atoms with E-state index in [1.54, 1.807) is 21.6 Å². The Hall–Kier alpha value is -3.56. The van der Waals surface area contributed by atoms with E-state index < -0.39 is 22.6 Å². The van der Waals surface area contributed by atoms with Crippen molar-refractivity contribution in [2.24, 2.45) is 11.8 Å². The Balaban J connectivity index is 1.38. The average Bonchev–Trinajstić information content (AvgIpc) is 3.34. The lowest BCUT2D eigenvalue weighted by atomic mass is 9.78. The number of aliphatic hydroxyl groups is 1. The summed E-state index contributed by atoms with van der Waals surface area (Å²) in [5.41, 5.74) is 3.68. The highest BCUT2D eigenvalue weighted by molar-refractivity contribution is 8.02. The molecule has 0 bridgehead atoms. The van der Waals surface area contributed by atoms with Crippen molar-refractivity contribution in [3.05, 3.63) is 77.9 Å². The molecule has 1 spiro atoms. The minimum Gasteiger partial charge on any atom is -0.494 e. The highest BCUT2D eigenvalue weighted by Gasteiger charge is 2.71. The van der Waals surface area contributed by atoms with E-state index in [0.29, 0.717) is 32.7 Å². The molecule has 4 aliphatic rings. The summed E-state index contributed by atoms with van der Waals surface area (Å²) >= 11 is 1.61. The Morgan fingerprint density at radius 2 is 1.67 bits per heavy atom. The molecular weight excluding hydrogens is 586 g/mol. The van der Waals surface area contributed by atoms with E-state index >= 15 is 0 Å². The molecular formula is C36H43N3O5S. The summed E-state index contributed by atoms with van der Waals surface area (Å²) in [6.45, 7) is 7.93. The summed E-state index contributed by atoms with van der Waals surface area (Å²) in [6.07, 6.45) is 11.4. The fourth-order valence-electron chi connectivity index (χ4n) is 7.47. The van der Waals surface area contributed by atoms with Crippen LogP contribution < -0.4 is 14.5 Å². The first kappa shape index (κ1) is 31.4. The number of rotatable bonds is 10. The van der Waals surface area contributed by atoms with Crippen LogP contribution >= 0.6 is 11.8 Å². The van der Waals surface area contributed by atoms with Gasteiger partial charge in [0.2, 0.25) is 11.8 Å². The van der Waals surface area contributed by atoms with Crippen LogP contribution in [0.3, 0.4) is 0 Å². The van der Waals surface area contributed by atoms with E-state index in [2.05, 4.69) is 12.2 Å². The third kappa shape index (κ3) is 5.58. The minimum atomic E-state index is -0.858. The van der Waals surface area contributed by atoms with Gasteiger partial charge in [-0.05, 0) is 75.1 Å². The van der Waals surface area contributed by atoms with Crippen molar-refractivity contribution in [3.63, 3.8) is 0 Å². The van der Waals surface area contributed by atoms with E-state index in [-0.39, 0.29) is 29.6 Å². The lowest BCUT2D eigenvalue weighted by molar-refractivity contribution is -0.138. The largest absolute Gasteiger partial charge is 0.494 e. The topological polar surface area (TPSA) is 90.4 Å². The number of amides is 3. The predicted molar refractivity (Wildman–Crippen MR) is 179 cm³/mol. The standard InChI is InChI=1S/C36H43N3O5S/c1-4-44-27-16-14-26(15-17-27)37-20-9-11-29-30(33(37)41)31-34(42)39(19-7-5-6-8-22-40)32-35(43)38(21-10-18-36(31,32)45-29)28-23-24(2)12-13-25(28)3/h9-18,23,29-32,40H,4-8,19-22H2,1-3H3/t29-,30+,31+,32?,36+/m1/s1. The van der Waals surface area contributed by atoms with Crippen molar-refractivity contribution in [1.29, 1.82) is 0 Å². The van der Waals surface area contributed by atoms with Crippen molar-refractivity contribution in [3.8, 4) is 5.75 Å². The summed E-state index contributed by atoms with van der Waals surface area (Å²) in [4.78, 5) is 49.3. The highest BCUT2D eigenvalue weighted by atomic mass is 32.2. The fraction of sp³-hybridized carbons (Fsp3) is 0.472. The molecule has 0 aromatic heterocycles. The molecule has 0 radical (unpaired) electrons. The van der Waals surface area contributed by atoms with Gasteiger partial charge in [0.25, 0.3) is 5.91 Å². The number of benzene rings is 2. The van der Waals surface area contributed by atoms with Crippen LogP contribution in [0.25, 0.3) is 0 Å². The normalized spacial score (nSPS) is 27.4. The number of fused-ring (bicyclic) bond motifs is 2. The van der Waals surface area contributed by atoms with Crippen LogP contribution in [0.1, 0.15) is 43.7 Å². The molecule has 8 nitrogen and oxygen atoms in total. The molecule has 1 unspecified atom stereocenters. The number of unbranched alkanes of at least 4 members (excludes halogenated alkanes) is 3. The molecule has 1 N–H and O–H groups in total. The summed E-state index contributed by atoms with van der Waals surface area (Å²) in [6, 6.07) is 12.9. The second-order valence-electron chi connectivity index (χ2n) is 12.5. The maximum Gasteiger partial charge on any atom is 0.251 e. The predicted octanol–water partition coefficient (Wildman–Crippen LogP) is 5.06. The smallest absolute Gasteiger partial charge is 0.251 e. The summed E-state index contributed by atoms with van der Waals surface area (Å²) in [5.74, 6) is -0.807. The summed E-state index contributed by atoms with van der Waals surface area (Å²) in [5, 5.41) is 9.03. The zero-order chi connectivity index (χ0) is 31.7. The van der Waals surface area contributed by atoms with Gasteiger partial charge in [-0.1, -0.05) is 49.3 Å². The molecule has 0 aliphatic carbocycles. The van der Waals surface area contributed by atoms with Crippen molar-refractivity contribution in [1.82, 2.24) is 4.90 Å². The third-order valence-electron chi connectivity index (χ3n) is 9.58. The van der Waals surface area contributed by atoms with Gasteiger partial charge in [0, 0.05) is 42.9 Å². The molecule has 238 valence electrons. The Morgan fingerprint density at radius 3 is 2.42 bits per heavy atom.